The van der Waals surface area contributed by atoms with Gasteiger partial charge in [-0.15, -0.1) is 6.58 Å². The Labute approximate surface area is 148 Å². The van der Waals surface area contributed by atoms with E-state index < -0.39 is 5.82 Å². The summed E-state index contributed by atoms with van der Waals surface area (Å²) in [5, 5.41) is 0. The summed E-state index contributed by atoms with van der Waals surface area (Å²) >= 11 is 0. The number of para-hydroxylation sites is 1. The highest BCUT2D eigenvalue weighted by atomic mass is 19.1. The van der Waals surface area contributed by atoms with Crippen LogP contribution < -0.4 is 4.74 Å². The Balaban J connectivity index is 1.88. The topological polar surface area (TPSA) is 49.9 Å². The second-order valence-electron chi connectivity index (χ2n) is 6.02. The first-order chi connectivity index (χ1) is 12.1. The minimum Gasteiger partial charge on any atom is -0.489 e. The van der Waals surface area contributed by atoms with Crippen molar-refractivity contribution >= 4 is 11.8 Å². The summed E-state index contributed by atoms with van der Waals surface area (Å²) < 4.78 is 19.0. The number of hydrogen-bond donors (Lipinski definition) is 0. The number of piperidine rings is 1. The Kier molecular flexibility index (Phi) is 6.98. The van der Waals surface area contributed by atoms with E-state index in [9.17, 15) is 14.0 Å². The van der Waals surface area contributed by atoms with Crippen molar-refractivity contribution in [2.24, 2.45) is 5.92 Å². The van der Waals surface area contributed by atoms with E-state index in [1.165, 1.54) is 6.07 Å². The van der Waals surface area contributed by atoms with E-state index in [1.807, 2.05) is 6.92 Å². The molecule has 0 aliphatic carbocycles. The fraction of sp³-hybridized carbons (Fsp3) is 0.474. The van der Waals surface area contributed by atoms with E-state index in [2.05, 4.69) is 6.58 Å². The van der Waals surface area contributed by atoms with Gasteiger partial charge in [0.25, 0.3) is 0 Å². The summed E-state index contributed by atoms with van der Waals surface area (Å²) in [5.41, 5.74) is 0. The lowest BCUT2D eigenvalue weighted by atomic mass is 9.96. The zero-order valence-corrected chi connectivity index (χ0v) is 14.6. The number of carbonyl (C=O) groups excluding carboxylic acids is 2. The quantitative estimate of drug-likeness (QED) is 0.678. The number of carbonyl (C=O) groups is 2. The number of hydrogen-bond acceptors (Lipinski definition) is 3. The van der Waals surface area contributed by atoms with Gasteiger partial charge in [-0.1, -0.05) is 18.2 Å². The van der Waals surface area contributed by atoms with Gasteiger partial charge in [0.15, 0.2) is 11.6 Å². The van der Waals surface area contributed by atoms with Crippen molar-refractivity contribution in [3.8, 4) is 5.75 Å². The molecule has 0 saturated carbocycles. The van der Waals surface area contributed by atoms with E-state index in [0.29, 0.717) is 39.0 Å². The molecule has 0 N–H and O–H groups in total. The molecule has 1 fully saturated rings. The molecule has 6 heteroatoms. The highest BCUT2D eigenvalue weighted by Gasteiger charge is 2.31. The molecule has 5 nitrogen and oxygen atoms in total. The summed E-state index contributed by atoms with van der Waals surface area (Å²) in [7, 11) is 0. The van der Waals surface area contributed by atoms with Crippen LogP contribution >= 0.6 is 0 Å². The van der Waals surface area contributed by atoms with Crippen molar-refractivity contribution in [1.29, 1.82) is 0 Å². The molecule has 25 heavy (non-hydrogen) atoms. The van der Waals surface area contributed by atoms with Crippen molar-refractivity contribution in [2.45, 2.75) is 19.8 Å². The van der Waals surface area contributed by atoms with Crippen LogP contribution in [0.2, 0.25) is 0 Å². The SMILES string of the molecule is C=CCN1C[C@@H](C(=O)N(CC)CCOc2ccccc2F)CCC1=O. The third-order valence-corrected chi connectivity index (χ3v) is 4.35. The van der Waals surface area contributed by atoms with E-state index in [0.717, 1.165) is 0 Å². The summed E-state index contributed by atoms with van der Waals surface area (Å²) in [5.74, 6) is -0.351. The molecule has 2 rings (SSSR count). The molecule has 1 aliphatic rings. The first-order valence-electron chi connectivity index (χ1n) is 8.61. The second-order valence-corrected chi connectivity index (χ2v) is 6.02. The average molecular weight is 348 g/mol. The Morgan fingerprint density at radius 1 is 1.48 bits per heavy atom. The molecule has 1 aromatic carbocycles. The smallest absolute Gasteiger partial charge is 0.227 e. The fourth-order valence-corrected chi connectivity index (χ4v) is 2.96. The minimum atomic E-state index is -0.414. The Morgan fingerprint density at radius 3 is 2.92 bits per heavy atom. The highest BCUT2D eigenvalue weighted by Crippen LogP contribution is 2.20. The van der Waals surface area contributed by atoms with Gasteiger partial charge in [0.2, 0.25) is 11.8 Å². The van der Waals surface area contributed by atoms with Crippen molar-refractivity contribution in [2.75, 3.05) is 32.8 Å². The minimum absolute atomic E-state index is 0.0150. The molecule has 1 heterocycles. The van der Waals surface area contributed by atoms with Crippen LogP contribution in [-0.4, -0.2) is 54.4 Å². The standard InChI is InChI=1S/C19H25FN2O3/c1-3-11-22-14-15(9-10-18(22)23)19(24)21(4-2)12-13-25-17-8-6-5-7-16(17)20/h3,5-8,15H,1,4,9-14H2,2H3/t15-/m0/s1. The number of halogens is 1. The van der Waals surface area contributed by atoms with Gasteiger partial charge < -0.3 is 14.5 Å². The Bertz CT molecular complexity index is 620. The Morgan fingerprint density at radius 2 is 2.24 bits per heavy atom. The predicted molar refractivity (Wildman–Crippen MR) is 93.7 cm³/mol. The number of benzene rings is 1. The van der Waals surface area contributed by atoms with Gasteiger partial charge in [-0.25, -0.2) is 4.39 Å². The van der Waals surface area contributed by atoms with E-state index in [4.69, 9.17) is 4.74 Å². The molecule has 1 saturated heterocycles. The number of amides is 2. The number of nitrogens with zero attached hydrogens (tertiary/aromatic N) is 2. The summed E-state index contributed by atoms with van der Waals surface area (Å²) in [4.78, 5) is 27.9. The van der Waals surface area contributed by atoms with E-state index >= 15 is 0 Å². The highest BCUT2D eigenvalue weighted by molar-refractivity contribution is 5.84. The van der Waals surface area contributed by atoms with Gasteiger partial charge in [0, 0.05) is 26.1 Å². The van der Waals surface area contributed by atoms with Crippen LogP contribution in [0.5, 0.6) is 5.75 Å². The third-order valence-electron chi connectivity index (χ3n) is 4.35. The van der Waals surface area contributed by atoms with Crippen molar-refractivity contribution in [3.05, 3.63) is 42.7 Å². The molecule has 2 amide bonds. The zero-order chi connectivity index (χ0) is 18.2. The first kappa shape index (κ1) is 19.0. The maximum Gasteiger partial charge on any atom is 0.227 e. The average Bonchev–Trinajstić information content (AvgIpc) is 2.62. The molecule has 0 unspecified atom stereocenters. The van der Waals surface area contributed by atoms with Crippen LogP contribution in [0.15, 0.2) is 36.9 Å². The van der Waals surface area contributed by atoms with Crippen LogP contribution in [0, 0.1) is 11.7 Å². The largest absolute Gasteiger partial charge is 0.489 e. The summed E-state index contributed by atoms with van der Waals surface area (Å²) in [6, 6.07) is 6.20. The molecular formula is C19H25FN2O3. The second kappa shape index (κ2) is 9.20. The van der Waals surface area contributed by atoms with Gasteiger partial charge in [0.1, 0.15) is 6.61 Å². The third kappa shape index (κ3) is 5.05. The predicted octanol–water partition coefficient (Wildman–Crippen LogP) is 2.48. The lowest BCUT2D eigenvalue weighted by molar-refractivity contribution is -0.142. The lowest BCUT2D eigenvalue weighted by Gasteiger charge is -2.34. The van der Waals surface area contributed by atoms with E-state index in [1.54, 1.807) is 34.1 Å². The summed E-state index contributed by atoms with van der Waals surface area (Å²) in [6.45, 7) is 7.59. The molecule has 1 atom stereocenters. The van der Waals surface area contributed by atoms with Crippen LogP contribution in [0.4, 0.5) is 4.39 Å². The van der Waals surface area contributed by atoms with Crippen LogP contribution in [0.3, 0.4) is 0 Å². The van der Waals surface area contributed by atoms with Gasteiger partial charge in [-0.3, -0.25) is 9.59 Å². The number of rotatable bonds is 8. The normalized spacial score (nSPS) is 17.3. The lowest BCUT2D eigenvalue weighted by Crippen LogP contribution is -2.47. The monoisotopic (exact) mass is 348 g/mol. The first-order valence-corrected chi connectivity index (χ1v) is 8.61. The van der Waals surface area contributed by atoms with Crippen LogP contribution in [0.1, 0.15) is 19.8 Å². The van der Waals surface area contributed by atoms with Crippen molar-refractivity contribution in [1.82, 2.24) is 9.80 Å². The Hall–Kier alpha value is -2.37. The van der Waals surface area contributed by atoms with Gasteiger partial charge in [0.05, 0.1) is 12.5 Å². The number of likely N-dealkylation sites (N-methyl/N-ethyl adjacent to an activating group) is 1. The van der Waals surface area contributed by atoms with Gasteiger partial charge >= 0.3 is 0 Å². The van der Waals surface area contributed by atoms with E-state index in [-0.39, 0.29) is 30.1 Å². The number of ether oxygens (including phenoxy) is 1. The van der Waals surface area contributed by atoms with Crippen molar-refractivity contribution < 1.29 is 18.7 Å². The van der Waals surface area contributed by atoms with Gasteiger partial charge in [-0.2, -0.15) is 0 Å². The zero-order valence-electron chi connectivity index (χ0n) is 14.6. The molecule has 1 aliphatic heterocycles. The summed E-state index contributed by atoms with van der Waals surface area (Å²) in [6.07, 6.45) is 2.62. The molecule has 0 radical (unpaired) electrons. The van der Waals surface area contributed by atoms with Gasteiger partial charge in [-0.05, 0) is 25.5 Å². The molecule has 136 valence electrons. The number of likely N-dealkylation sites (tertiary alicyclic amines) is 1. The molecular weight excluding hydrogens is 323 g/mol. The maximum atomic E-state index is 13.5. The molecule has 0 spiro atoms. The molecule has 0 aromatic heterocycles. The molecule has 1 aromatic rings. The van der Waals surface area contributed by atoms with Crippen LogP contribution in [0.25, 0.3) is 0 Å². The molecule has 0 bridgehead atoms. The van der Waals surface area contributed by atoms with Crippen molar-refractivity contribution in [3.63, 3.8) is 0 Å². The van der Waals surface area contributed by atoms with Crippen LogP contribution in [-0.2, 0) is 9.59 Å². The fourth-order valence-electron chi connectivity index (χ4n) is 2.96. The maximum absolute atomic E-state index is 13.5.